The third kappa shape index (κ3) is 9.92. The lowest BCUT2D eigenvalue weighted by Crippen LogP contribution is -2.32. The predicted octanol–water partition coefficient (Wildman–Crippen LogP) is 4.68. The largest absolute Gasteiger partial charge is 0.454 e. The third-order valence-corrected chi connectivity index (χ3v) is 7.69. The number of aromatic nitrogens is 2. The van der Waals surface area contributed by atoms with Crippen LogP contribution in [0.2, 0.25) is 0 Å². The molecular formula is C31H51N5O3. The smallest absolute Gasteiger partial charge is 0.231 e. The summed E-state index contributed by atoms with van der Waals surface area (Å²) in [6, 6.07) is 6.77. The first-order chi connectivity index (χ1) is 18.9. The zero-order valence-corrected chi connectivity index (χ0v) is 25.0. The van der Waals surface area contributed by atoms with E-state index in [9.17, 15) is 4.79 Å². The summed E-state index contributed by atoms with van der Waals surface area (Å²) in [6.07, 6.45) is 12.9. The molecule has 1 fully saturated rings. The zero-order valence-electron chi connectivity index (χ0n) is 25.0. The molecule has 218 valence electrons. The van der Waals surface area contributed by atoms with Crippen LogP contribution in [-0.2, 0) is 17.8 Å². The molecule has 0 radical (unpaired) electrons. The molecule has 0 spiro atoms. The monoisotopic (exact) mass is 541 g/mol. The highest BCUT2D eigenvalue weighted by atomic mass is 16.7. The van der Waals surface area contributed by atoms with Crippen LogP contribution in [-0.4, -0.2) is 97.5 Å². The molecule has 8 heteroatoms. The summed E-state index contributed by atoms with van der Waals surface area (Å²) < 4.78 is 13.3. The number of rotatable bonds is 15. The van der Waals surface area contributed by atoms with E-state index >= 15 is 0 Å². The fourth-order valence-corrected chi connectivity index (χ4v) is 5.55. The first-order valence-electron chi connectivity index (χ1n) is 14.9. The lowest BCUT2D eigenvalue weighted by molar-refractivity contribution is -0.109. The minimum absolute atomic E-state index is 0.309. The Bertz CT molecular complexity index is 965. The van der Waals surface area contributed by atoms with Crippen molar-refractivity contribution in [1.29, 1.82) is 0 Å². The second-order valence-corrected chi connectivity index (χ2v) is 11.2. The summed E-state index contributed by atoms with van der Waals surface area (Å²) in [5, 5.41) is 4.29. The number of carbonyl (C=O) groups excluding carboxylic acids is 1. The molecule has 0 saturated carbocycles. The molecule has 4 rings (SSSR count). The lowest BCUT2D eigenvalue weighted by Gasteiger charge is -2.21. The first kappa shape index (κ1) is 31.1. The van der Waals surface area contributed by atoms with E-state index in [-0.39, 0.29) is 0 Å². The quantitative estimate of drug-likeness (QED) is 0.303. The molecule has 1 saturated heterocycles. The van der Waals surface area contributed by atoms with E-state index in [4.69, 9.17) is 9.47 Å². The van der Waals surface area contributed by atoms with Gasteiger partial charge in [0, 0.05) is 31.5 Å². The van der Waals surface area contributed by atoms with Crippen molar-refractivity contribution >= 4 is 6.29 Å². The molecule has 39 heavy (non-hydrogen) atoms. The van der Waals surface area contributed by atoms with Gasteiger partial charge in [-0.2, -0.15) is 5.10 Å². The van der Waals surface area contributed by atoms with Crippen molar-refractivity contribution in [1.82, 2.24) is 24.5 Å². The van der Waals surface area contributed by atoms with Gasteiger partial charge >= 0.3 is 0 Å². The van der Waals surface area contributed by atoms with Crippen LogP contribution in [0.3, 0.4) is 0 Å². The Labute approximate surface area is 236 Å². The van der Waals surface area contributed by atoms with Crippen LogP contribution in [0.5, 0.6) is 11.5 Å². The maximum atomic E-state index is 11.2. The number of likely N-dealkylation sites (tertiary alicyclic amines) is 1. The van der Waals surface area contributed by atoms with Gasteiger partial charge < -0.3 is 24.1 Å². The molecule has 0 bridgehead atoms. The maximum Gasteiger partial charge on any atom is 0.231 e. The fraction of sp³-hybridized carbons (Fsp3) is 0.677. The fourth-order valence-electron chi connectivity index (χ4n) is 5.55. The van der Waals surface area contributed by atoms with Crippen molar-refractivity contribution in [3.05, 3.63) is 41.7 Å². The van der Waals surface area contributed by atoms with Gasteiger partial charge in [-0.1, -0.05) is 32.8 Å². The average Bonchev–Trinajstić information content (AvgIpc) is 3.68. The number of benzene rings is 1. The molecule has 0 N–H and O–H groups in total. The number of nitrogens with zero attached hydrogens (tertiary/aromatic N) is 5. The molecule has 1 aromatic heterocycles. The van der Waals surface area contributed by atoms with Crippen LogP contribution in [0.4, 0.5) is 0 Å². The second-order valence-electron chi connectivity index (χ2n) is 11.2. The van der Waals surface area contributed by atoms with Gasteiger partial charge in [0.15, 0.2) is 11.5 Å². The summed E-state index contributed by atoms with van der Waals surface area (Å²) in [5.41, 5.74) is 2.55. The minimum Gasteiger partial charge on any atom is -0.454 e. The molecule has 0 aliphatic carbocycles. The van der Waals surface area contributed by atoms with Crippen LogP contribution < -0.4 is 9.47 Å². The van der Waals surface area contributed by atoms with Gasteiger partial charge in [-0.05, 0) is 102 Å². The number of unbranched alkanes of at least 4 members (excludes halogenated alkanes) is 1. The molecule has 0 amide bonds. The SMILES string of the molecule is CCCCN(C)CCCN(C)C.CCCc1cc(C2CC(CCn3cccn3)N(CC=O)C2)cc2c1OCO2. The van der Waals surface area contributed by atoms with Gasteiger partial charge in [0.1, 0.15) is 6.29 Å². The maximum absolute atomic E-state index is 11.2. The van der Waals surface area contributed by atoms with E-state index in [1.807, 2.05) is 23.1 Å². The second kappa shape index (κ2) is 16.6. The summed E-state index contributed by atoms with van der Waals surface area (Å²) in [4.78, 5) is 18.2. The molecular weight excluding hydrogens is 490 g/mol. The van der Waals surface area contributed by atoms with Gasteiger partial charge in [-0.15, -0.1) is 0 Å². The normalized spacial score (nSPS) is 18.5. The highest BCUT2D eigenvalue weighted by Gasteiger charge is 2.33. The summed E-state index contributed by atoms with van der Waals surface area (Å²) in [7, 11) is 6.48. The zero-order chi connectivity index (χ0) is 28.0. The Morgan fingerprint density at radius 2 is 1.90 bits per heavy atom. The van der Waals surface area contributed by atoms with E-state index in [0.717, 1.165) is 56.6 Å². The number of hydrogen-bond acceptors (Lipinski definition) is 7. The van der Waals surface area contributed by atoms with E-state index in [1.54, 1.807) is 0 Å². The van der Waals surface area contributed by atoms with E-state index in [0.29, 0.717) is 25.3 Å². The lowest BCUT2D eigenvalue weighted by atomic mass is 9.92. The van der Waals surface area contributed by atoms with Crippen molar-refractivity contribution in [2.45, 2.75) is 77.3 Å². The Balaban J connectivity index is 0.000000298. The Morgan fingerprint density at radius 1 is 1.08 bits per heavy atom. The topological polar surface area (TPSA) is 63.1 Å². The molecule has 2 aromatic rings. The van der Waals surface area contributed by atoms with Crippen molar-refractivity contribution in [2.24, 2.45) is 0 Å². The van der Waals surface area contributed by atoms with E-state index in [2.05, 4.69) is 66.9 Å². The number of aryl methyl sites for hydroxylation is 2. The minimum atomic E-state index is 0.309. The number of fused-ring (bicyclic) bond motifs is 1. The number of hydrogen-bond donors (Lipinski definition) is 0. The number of carbonyl (C=O) groups is 1. The predicted molar refractivity (Wildman–Crippen MR) is 158 cm³/mol. The van der Waals surface area contributed by atoms with Crippen molar-refractivity contribution in [2.75, 3.05) is 60.7 Å². The molecule has 2 aliphatic heterocycles. The first-order valence-corrected chi connectivity index (χ1v) is 14.9. The Morgan fingerprint density at radius 3 is 2.59 bits per heavy atom. The van der Waals surface area contributed by atoms with Crippen LogP contribution in [0.1, 0.15) is 69.4 Å². The van der Waals surface area contributed by atoms with Gasteiger partial charge in [0.2, 0.25) is 6.79 Å². The van der Waals surface area contributed by atoms with E-state index < -0.39 is 0 Å². The van der Waals surface area contributed by atoms with Crippen molar-refractivity contribution < 1.29 is 14.3 Å². The van der Waals surface area contributed by atoms with Gasteiger partial charge in [-0.25, -0.2) is 0 Å². The number of aldehydes is 1. The van der Waals surface area contributed by atoms with Crippen molar-refractivity contribution in [3.63, 3.8) is 0 Å². The Hall–Kier alpha value is -2.42. The van der Waals surface area contributed by atoms with Gasteiger partial charge in [0.25, 0.3) is 0 Å². The molecule has 2 aliphatic rings. The standard InChI is InChI=1S/C21H27N3O3.C10H24N2/c1-2-4-16-11-17(13-20-21(16)27-15-26-20)18-12-19(23(14-18)9-10-25)5-8-24-7-3-6-22-24;1-5-6-9-12(4)10-7-8-11(2)3/h3,6-7,10-11,13,18-19H,2,4-5,8-9,12,14-15H2,1H3;5-10H2,1-4H3. The Kier molecular flexibility index (Phi) is 13.3. The molecule has 2 unspecified atom stereocenters. The van der Waals surface area contributed by atoms with Crippen LogP contribution in [0.15, 0.2) is 30.6 Å². The molecule has 2 atom stereocenters. The molecule has 3 heterocycles. The van der Waals surface area contributed by atoms with Gasteiger partial charge in [-0.3, -0.25) is 9.58 Å². The highest BCUT2D eigenvalue weighted by molar-refractivity contribution is 5.53. The van der Waals surface area contributed by atoms with Crippen LogP contribution in [0, 0.1) is 0 Å². The summed E-state index contributed by atoms with van der Waals surface area (Å²) >= 11 is 0. The summed E-state index contributed by atoms with van der Waals surface area (Å²) in [5.74, 6) is 2.20. The van der Waals surface area contributed by atoms with E-state index in [1.165, 1.54) is 50.0 Å². The molecule has 8 nitrogen and oxygen atoms in total. The number of ether oxygens (including phenoxy) is 2. The highest BCUT2D eigenvalue weighted by Crippen LogP contribution is 2.42. The third-order valence-electron chi connectivity index (χ3n) is 7.69. The van der Waals surface area contributed by atoms with Crippen LogP contribution in [0.25, 0.3) is 0 Å². The van der Waals surface area contributed by atoms with Gasteiger partial charge in [0.05, 0.1) is 6.54 Å². The van der Waals surface area contributed by atoms with Crippen LogP contribution >= 0.6 is 0 Å². The molecule has 1 aromatic carbocycles. The van der Waals surface area contributed by atoms with Crippen molar-refractivity contribution in [3.8, 4) is 11.5 Å². The average molecular weight is 542 g/mol. The summed E-state index contributed by atoms with van der Waals surface area (Å²) in [6.45, 7) is 10.7.